The Bertz CT molecular complexity index is 725. The number of rotatable bonds is 7. The van der Waals surface area contributed by atoms with Crippen molar-refractivity contribution in [1.82, 2.24) is 5.32 Å². The van der Waals surface area contributed by atoms with E-state index in [1.165, 1.54) is 12.1 Å². The molecule has 1 aromatic carbocycles. The molecule has 0 radical (unpaired) electrons. The fourth-order valence-electron chi connectivity index (χ4n) is 1.83. The Kier molecular flexibility index (Phi) is 5.57. The second-order valence-corrected chi connectivity index (χ2v) is 7.58. The number of sulfonamides is 1. The topological polar surface area (TPSA) is 75.3 Å². The predicted molar refractivity (Wildman–Crippen MR) is 88.8 cm³/mol. The van der Waals surface area contributed by atoms with Crippen molar-refractivity contribution in [3.63, 3.8) is 0 Å². The molecule has 0 spiro atoms. The average Bonchev–Trinajstić information content (AvgIpc) is 3.02. The molecule has 2 aromatic rings. The summed E-state index contributed by atoms with van der Waals surface area (Å²) in [5, 5.41) is 4.50. The van der Waals surface area contributed by atoms with Crippen molar-refractivity contribution in [1.29, 1.82) is 0 Å². The zero-order valence-corrected chi connectivity index (χ0v) is 13.8. The zero-order valence-electron chi connectivity index (χ0n) is 12.2. The number of benzene rings is 1. The maximum absolute atomic E-state index is 12.2. The molecule has 0 saturated carbocycles. The lowest BCUT2D eigenvalue weighted by molar-refractivity contribution is 0.0953. The highest BCUT2D eigenvalue weighted by molar-refractivity contribution is 7.94. The van der Waals surface area contributed by atoms with Gasteiger partial charge in [0, 0.05) is 17.8 Å². The third-order valence-corrected chi connectivity index (χ3v) is 5.73. The molecular weight excluding hydrogens is 320 g/mol. The van der Waals surface area contributed by atoms with Crippen LogP contribution in [0.3, 0.4) is 0 Å². The van der Waals surface area contributed by atoms with Gasteiger partial charge in [0.25, 0.3) is 15.9 Å². The van der Waals surface area contributed by atoms with Crippen LogP contribution in [0.1, 0.15) is 30.1 Å². The van der Waals surface area contributed by atoms with Crippen molar-refractivity contribution in [2.75, 3.05) is 11.3 Å². The van der Waals surface area contributed by atoms with Gasteiger partial charge in [-0.3, -0.25) is 9.52 Å². The Balaban J connectivity index is 2.10. The number of amides is 1. The van der Waals surface area contributed by atoms with Crippen LogP contribution in [-0.2, 0) is 10.0 Å². The molecule has 0 atom stereocenters. The fourth-order valence-corrected chi connectivity index (χ4v) is 3.87. The summed E-state index contributed by atoms with van der Waals surface area (Å²) < 4.78 is 27.0. The molecule has 1 heterocycles. The molecule has 0 aliphatic carbocycles. The molecule has 22 heavy (non-hydrogen) atoms. The van der Waals surface area contributed by atoms with Crippen LogP contribution in [0, 0.1) is 0 Å². The maximum atomic E-state index is 12.2. The van der Waals surface area contributed by atoms with Crippen LogP contribution in [0.25, 0.3) is 0 Å². The Morgan fingerprint density at radius 2 is 2.05 bits per heavy atom. The van der Waals surface area contributed by atoms with Gasteiger partial charge in [-0.05, 0) is 36.1 Å². The summed E-state index contributed by atoms with van der Waals surface area (Å²) in [5.74, 6) is -0.203. The van der Waals surface area contributed by atoms with E-state index in [2.05, 4.69) is 10.0 Å². The number of anilines is 1. The van der Waals surface area contributed by atoms with Gasteiger partial charge in [-0.15, -0.1) is 11.3 Å². The second kappa shape index (κ2) is 7.42. The number of carbonyl (C=O) groups is 1. The van der Waals surface area contributed by atoms with E-state index in [1.807, 2.05) is 6.92 Å². The quantitative estimate of drug-likeness (QED) is 0.762. The van der Waals surface area contributed by atoms with E-state index in [-0.39, 0.29) is 10.1 Å². The zero-order chi connectivity index (χ0) is 16.0. The van der Waals surface area contributed by atoms with Crippen molar-refractivity contribution in [3.05, 3.63) is 47.3 Å². The summed E-state index contributed by atoms with van der Waals surface area (Å²) in [6.07, 6.45) is 1.91. The maximum Gasteiger partial charge on any atom is 0.271 e. The minimum absolute atomic E-state index is 0.203. The normalized spacial score (nSPS) is 11.1. The molecule has 2 rings (SSSR count). The minimum atomic E-state index is -3.60. The molecule has 2 N–H and O–H groups in total. The Hall–Kier alpha value is -1.86. The van der Waals surface area contributed by atoms with Gasteiger partial charge < -0.3 is 5.32 Å². The Morgan fingerprint density at radius 1 is 1.23 bits per heavy atom. The lowest BCUT2D eigenvalue weighted by atomic mass is 10.2. The third kappa shape index (κ3) is 4.32. The van der Waals surface area contributed by atoms with Crippen LogP contribution in [0.5, 0.6) is 0 Å². The van der Waals surface area contributed by atoms with Crippen molar-refractivity contribution in [2.24, 2.45) is 0 Å². The second-order valence-electron chi connectivity index (χ2n) is 4.73. The van der Waals surface area contributed by atoms with Gasteiger partial charge in [0.15, 0.2) is 0 Å². The largest absolute Gasteiger partial charge is 0.352 e. The standard InChI is InChI=1S/C15H18N2O3S2/c1-2-3-9-16-15(18)12-6-4-7-13(11-12)17-22(19,20)14-8-5-10-21-14/h4-8,10-11,17H,2-3,9H2,1H3,(H,16,18). The lowest BCUT2D eigenvalue weighted by Gasteiger charge is -2.08. The summed E-state index contributed by atoms with van der Waals surface area (Å²) in [4.78, 5) is 12.0. The molecule has 7 heteroatoms. The van der Waals surface area contributed by atoms with Crippen molar-refractivity contribution < 1.29 is 13.2 Å². The molecule has 118 valence electrons. The van der Waals surface area contributed by atoms with E-state index in [9.17, 15) is 13.2 Å². The average molecular weight is 338 g/mol. The number of thiophene rings is 1. The van der Waals surface area contributed by atoms with Crippen LogP contribution < -0.4 is 10.0 Å². The van der Waals surface area contributed by atoms with Gasteiger partial charge in [0.05, 0.1) is 0 Å². The SMILES string of the molecule is CCCCNC(=O)c1cccc(NS(=O)(=O)c2cccs2)c1. The summed E-state index contributed by atoms with van der Waals surface area (Å²) in [7, 11) is -3.60. The number of nitrogens with one attached hydrogen (secondary N) is 2. The first-order valence-corrected chi connectivity index (χ1v) is 9.34. The molecular formula is C15H18N2O3S2. The first-order valence-electron chi connectivity index (χ1n) is 6.97. The number of carbonyl (C=O) groups excluding carboxylic acids is 1. The molecule has 0 fully saturated rings. The number of hydrogen-bond acceptors (Lipinski definition) is 4. The van der Waals surface area contributed by atoms with E-state index in [4.69, 9.17) is 0 Å². The fraction of sp³-hybridized carbons (Fsp3) is 0.267. The van der Waals surface area contributed by atoms with E-state index in [0.29, 0.717) is 17.8 Å². The first kappa shape index (κ1) is 16.5. The van der Waals surface area contributed by atoms with Crippen LogP contribution in [0.4, 0.5) is 5.69 Å². The van der Waals surface area contributed by atoms with Gasteiger partial charge in [-0.2, -0.15) is 0 Å². The summed E-state index contributed by atoms with van der Waals surface area (Å²) in [5.41, 5.74) is 0.805. The van der Waals surface area contributed by atoms with Gasteiger partial charge >= 0.3 is 0 Å². The van der Waals surface area contributed by atoms with Crippen LogP contribution in [0.2, 0.25) is 0 Å². The van der Waals surface area contributed by atoms with E-state index in [1.54, 1.807) is 29.6 Å². The van der Waals surface area contributed by atoms with Crippen LogP contribution in [-0.4, -0.2) is 20.9 Å². The minimum Gasteiger partial charge on any atom is -0.352 e. The van der Waals surface area contributed by atoms with Crippen molar-refractivity contribution in [3.8, 4) is 0 Å². The highest BCUT2D eigenvalue weighted by Gasteiger charge is 2.15. The third-order valence-electron chi connectivity index (χ3n) is 2.95. The first-order chi connectivity index (χ1) is 10.5. The number of hydrogen-bond donors (Lipinski definition) is 2. The monoisotopic (exact) mass is 338 g/mol. The summed E-state index contributed by atoms with van der Waals surface area (Å²) >= 11 is 1.14. The lowest BCUT2D eigenvalue weighted by Crippen LogP contribution is -2.24. The molecule has 5 nitrogen and oxygen atoms in total. The van der Waals surface area contributed by atoms with Crippen LogP contribution >= 0.6 is 11.3 Å². The van der Waals surface area contributed by atoms with Crippen molar-refractivity contribution >= 4 is 33.0 Å². The summed E-state index contributed by atoms with van der Waals surface area (Å²) in [6.45, 7) is 2.66. The smallest absolute Gasteiger partial charge is 0.271 e. The van der Waals surface area contributed by atoms with Crippen LogP contribution in [0.15, 0.2) is 46.0 Å². The van der Waals surface area contributed by atoms with Gasteiger partial charge in [0.1, 0.15) is 4.21 Å². The molecule has 1 aromatic heterocycles. The number of unbranched alkanes of at least 4 members (excludes halogenated alkanes) is 1. The highest BCUT2D eigenvalue weighted by atomic mass is 32.2. The predicted octanol–water partition coefficient (Wildman–Crippen LogP) is 3.08. The van der Waals surface area contributed by atoms with Gasteiger partial charge in [0.2, 0.25) is 0 Å². The Labute approximate surface area is 134 Å². The van der Waals surface area contributed by atoms with Gasteiger partial charge in [-0.1, -0.05) is 25.5 Å². The molecule has 0 saturated heterocycles. The van der Waals surface area contributed by atoms with E-state index in [0.717, 1.165) is 24.2 Å². The molecule has 0 aliphatic rings. The highest BCUT2D eigenvalue weighted by Crippen LogP contribution is 2.20. The van der Waals surface area contributed by atoms with Gasteiger partial charge in [-0.25, -0.2) is 8.42 Å². The molecule has 0 unspecified atom stereocenters. The summed E-state index contributed by atoms with van der Waals surface area (Å²) in [6, 6.07) is 9.68. The molecule has 0 aliphatic heterocycles. The van der Waals surface area contributed by atoms with E-state index >= 15 is 0 Å². The van der Waals surface area contributed by atoms with E-state index < -0.39 is 10.0 Å². The Morgan fingerprint density at radius 3 is 2.73 bits per heavy atom. The van der Waals surface area contributed by atoms with Crippen molar-refractivity contribution in [2.45, 2.75) is 24.0 Å². The molecule has 0 bridgehead atoms. The molecule has 1 amide bonds.